The van der Waals surface area contributed by atoms with E-state index in [2.05, 4.69) is 36.5 Å². The predicted octanol–water partition coefficient (Wildman–Crippen LogP) is 5.47. The van der Waals surface area contributed by atoms with Crippen molar-refractivity contribution in [2.75, 3.05) is 13.1 Å². The lowest BCUT2D eigenvalue weighted by Crippen LogP contribution is -2.29. The molecule has 1 N–H and O–H groups in total. The molecule has 1 saturated heterocycles. The zero-order valence-electron chi connectivity index (χ0n) is 17.5. The number of carbonyl (C=O) groups excluding carboxylic acids is 1. The number of esters is 1. The summed E-state index contributed by atoms with van der Waals surface area (Å²) in [5.74, 6) is 0.470. The minimum absolute atomic E-state index is 0.265. The fourth-order valence-electron chi connectivity index (χ4n) is 4.64. The molecule has 1 aliphatic heterocycles. The first-order chi connectivity index (χ1) is 13.3. The van der Waals surface area contributed by atoms with Crippen LogP contribution in [-0.4, -0.2) is 24.7 Å². The molecule has 4 rings (SSSR count). The first-order valence-electron chi connectivity index (χ1n) is 10.4. The summed E-state index contributed by atoms with van der Waals surface area (Å²) in [6.45, 7) is 10.1. The summed E-state index contributed by atoms with van der Waals surface area (Å²) in [5, 5.41) is 3.48. The number of piperidine rings is 1. The molecular formula is C25H31NO2. The van der Waals surface area contributed by atoms with E-state index in [-0.39, 0.29) is 5.97 Å². The number of benzene rings is 2. The van der Waals surface area contributed by atoms with Crippen LogP contribution in [0.15, 0.2) is 42.5 Å². The van der Waals surface area contributed by atoms with Crippen LogP contribution in [0.1, 0.15) is 67.4 Å². The van der Waals surface area contributed by atoms with Crippen molar-refractivity contribution in [2.45, 2.75) is 58.5 Å². The normalized spacial score (nSPS) is 20.8. The van der Waals surface area contributed by atoms with Crippen molar-refractivity contribution in [3.05, 3.63) is 59.2 Å². The zero-order valence-corrected chi connectivity index (χ0v) is 17.5. The van der Waals surface area contributed by atoms with E-state index >= 15 is 0 Å². The molecule has 2 aliphatic rings. The third-order valence-corrected chi connectivity index (χ3v) is 6.27. The standard InChI is InChI=1S/C25H31NO2/c1-17-15-20(23(27)28-24(2,3)4)9-10-21(17)18-5-7-19(8-6-18)22-16-25(22)11-13-26-14-12-25/h5-10,15,22,26H,11-14,16H2,1-4H3. The Kier molecular flexibility index (Phi) is 4.83. The van der Waals surface area contributed by atoms with Crippen LogP contribution in [0.25, 0.3) is 11.1 Å². The van der Waals surface area contributed by atoms with Gasteiger partial charge in [-0.2, -0.15) is 0 Å². The van der Waals surface area contributed by atoms with Gasteiger partial charge in [-0.1, -0.05) is 30.3 Å². The highest BCUT2D eigenvalue weighted by Gasteiger charge is 2.54. The van der Waals surface area contributed by atoms with Crippen LogP contribution in [0.3, 0.4) is 0 Å². The lowest BCUT2D eigenvalue weighted by atomic mass is 9.89. The Bertz CT molecular complexity index is 870. The second kappa shape index (κ2) is 7.04. The van der Waals surface area contributed by atoms with Gasteiger partial charge < -0.3 is 10.1 Å². The van der Waals surface area contributed by atoms with Crippen molar-refractivity contribution < 1.29 is 9.53 Å². The number of nitrogens with one attached hydrogen (secondary N) is 1. The third kappa shape index (κ3) is 3.86. The maximum atomic E-state index is 12.3. The van der Waals surface area contributed by atoms with E-state index < -0.39 is 5.60 Å². The molecule has 1 saturated carbocycles. The Hall–Kier alpha value is -2.13. The maximum Gasteiger partial charge on any atom is 0.338 e. The average molecular weight is 378 g/mol. The number of hydrogen-bond donors (Lipinski definition) is 1. The van der Waals surface area contributed by atoms with Gasteiger partial charge in [-0.3, -0.25) is 0 Å². The first kappa shape index (κ1) is 19.2. The summed E-state index contributed by atoms with van der Waals surface area (Å²) >= 11 is 0. The highest BCUT2D eigenvalue weighted by molar-refractivity contribution is 5.91. The molecule has 1 spiro atoms. The van der Waals surface area contributed by atoms with Crippen molar-refractivity contribution in [3.8, 4) is 11.1 Å². The Balaban J connectivity index is 1.49. The molecule has 0 bridgehead atoms. The van der Waals surface area contributed by atoms with Gasteiger partial charge in [-0.15, -0.1) is 0 Å². The van der Waals surface area contributed by atoms with Crippen LogP contribution in [0.4, 0.5) is 0 Å². The molecule has 2 aromatic rings. The van der Waals surface area contributed by atoms with Crippen molar-refractivity contribution >= 4 is 5.97 Å². The quantitative estimate of drug-likeness (QED) is 0.720. The maximum absolute atomic E-state index is 12.3. The van der Waals surface area contributed by atoms with Crippen LogP contribution >= 0.6 is 0 Å². The van der Waals surface area contributed by atoms with Gasteiger partial charge in [0.2, 0.25) is 0 Å². The summed E-state index contributed by atoms with van der Waals surface area (Å²) in [5.41, 5.74) is 5.65. The third-order valence-electron chi connectivity index (χ3n) is 6.27. The molecule has 3 nitrogen and oxygen atoms in total. The van der Waals surface area contributed by atoms with Gasteiger partial charge in [0.25, 0.3) is 0 Å². The first-order valence-corrected chi connectivity index (χ1v) is 10.4. The van der Waals surface area contributed by atoms with Crippen LogP contribution in [0, 0.1) is 12.3 Å². The van der Waals surface area contributed by atoms with Crippen molar-refractivity contribution in [1.82, 2.24) is 5.32 Å². The molecule has 1 atom stereocenters. The molecule has 148 valence electrons. The van der Waals surface area contributed by atoms with Gasteiger partial charge in [0.15, 0.2) is 0 Å². The van der Waals surface area contributed by atoms with Gasteiger partial charge in [0.05, 0.1) is 5.56 Å². The molecule has 1 aliphatic carbocycles. The van der Waals surface area contributed by atoms with Crippen molar-refractivity contribution in [3.63, 3.8) is 0 Å². The van der Waals surface area contributed by atoms with Gasteiger partial charge in [0, 0.05) is 0 Å². The molecule has 3 heteroatoms. The van der Waals surface area contributed by atoms with Gasteiger partial charge in [-0.05, 0) is 106 Å². The smallest absolute Gasteiger partial charge is 0.338 e. The lowest BCUT2D eigenvalue weighted by molar-refractivity contribution is 0.00694. The van der Waals surface area contributed by atoms with Crippen LogP contribution < -0.4 is 5.32 Å². The summed E-state index contributed by atoms with van der Waals surface area (Å²) in [6.07, 6.45) is 3.97. The zero-order chi connectivity index (χ0) is 19.9. The molecule has 0 aromatic heterocycles. The van der Waals surface area contributed by atoms with E-state index in [9.17, 15) is 4.79 Å². The van der Waals surface area contributed by atoms with E-state index in [1.54, 1.807) is 0 Å². The minimum Gasteiger partial charge on any atom is -0.456 e. The van der Waals surface area contributed by atoms with E-state index in [1.165, 1.54) is 36.0 Å². The fourth-order valence-corrected chi connectivity index (χ4v) is 4.64. The van der Waals surface area contributed by atoms with E-state index in [4.69, 9.17) is 4.74 Å². The number of rotatable bonds is 3. The molecular weight excluding hydrogens is 346 g/mol. The topological polar surface area (TPSA) is 38.3 Å². The second-order valence-electron chi connectivity index (χ2n) is 9.52. The molecule has 0 radical (unpaired) electrons. The Morgan fingerprint density at radius 3 is 2.36 bits per heavy atom. The van der Waals surface area contributed by atoms with Gasteiger partial charge in [0.1, 0.15) is 5.60 Å². The molecule has 0 amide bonds. The molecule has 28 heavy (non-hydrogen) atoms. The number of ether oxygens (including phenoxy) is 1. The summed E-state index contributed by atoms with van der Waals surface area (Å²) < 4.78 is 5.48. The molecule has 1 unspecified atom stereocenters. The Morgan fingerprint density at radius 1 is 1.07 bits per heavy atom. The van der Waals surface area contributed by atoms with Crippen LogP contribution in [0.2, 0.25) is 0 Å². The number of aryl methyl sites for hydroxylation is 1. The summed E-state index contributed by atoms with van der Waals surface area (Å²) in [6, 6.07) is 14.9. The summed E-state index contributed by atoms with van der Waals surface area (Å²) in [7, 11) is 0. The van der Waals surface area contributed by atoms with Crippen molar-refractivity contribution in [1.29, 1.82) is 0 Å². The average Bonchev–Trinajstić information content (AvgIpc) is 3.34. The SMILES string of the molecule is Cc1cc(C(=O)OC(C)(C)C)ccc1-c1ccc(C2CC23CCNCC3)cc1. The number of hydrogen-bond acceptors (Lipinski definition) is 3. The summed E-state index contributed by atoms with van der Waals surface area (Å²) in [4.78, 5) is 12.3. The van der Waals surface area contributed by atoms with Crippen LogP contribution in [-0.2, 0) is 4.74 Å². The highest BCUT2D eigenvalue weighted by atomic mass is 16.6. The van der Waals surface area contributed by atoms with Crippen LogP contribution in [0.5, 0.6) is 0 Å². The lowest BCUT2D eigenvalue weighted by Gasteiger charge is -2.23. The van der Waals surface area contributed by atoms with E-state index in [0.717, 1.165) is 24.6 Å². The Labute approximate surface area is 168 Å². The largest absolute Gasteiger partial charge is 0.456 e. The van der Waals surface area contributed by atoms with Crippen molar-refractivity contribution in [2.24, 2.45) is 5.41 Å². The second-order valence-corrected chi connectivity index (χ2v) is 9.52. The molecule has 2 fully saturated rings. The monoisotopic (exact) mass is 377 g/mol. The minimum atomic E-state index is -0.478. The van der Waals surface area contributed by atoms with Gasteiger partial charge >= 0.3 is 5.97 Å². The highest BCUT2D eigenvalue weighted by Crippen LogP contribution is 2.64. The fraction of sp³-hybridized carbons (Fsp3) is 0.480. The predicted molar refractivity (Wildman–Crippen MR) is 114 cm³/mol. The van der Waals surface area contributed by atoms with E-state index in [1.807, 2.05) is 39.0 Å². The van der Waals surface area contributed by atoms with Gasteiger partial charge in [-0.25, -0.2) is 4.79 Å². The number of carbonyl (C=O) groups is 1. The van der Waals surface area contributed by atoms with E-state index in [0.29, 0.717) is 11.0 Å². The molecule has 2 aromatic carbocycles. The molecule has 1 heterocycles. The Morgan fingerprint density at radius 2 is 1.75 bits per heavy atom.